The number of aromatic nitrogens is 2. The number of imidazole rings is 1. The van der Waals surface area contributed by atoms with Gasteiger partial charge in [-0.25, -0.2) is 13.4 Å². The SMILES string of the molecule is CCN(CC)S(=O)(=O)c1ccc2c(c1)nc(CCC(=O)N1CCCc3cccc(C)c31)n2CC. The normalized spacial score (nSPS) is 14.1. The molecule has 0 spiro atoms. The van der Waals surface area contributed by atoms with Crippen molar-refractivity contribution in [2.24, 2.45) is 0 Å². The van der Waals surface area contributed by atoms with Gasteiger partial charge in [-0.05, 0) is 56.0 Å². The highest BCUT2D eigenvalue weighted by Gasteiger charge is 2.25. The van der Waals surface area contributed by atoms with Crippen LogP contribution in [0, 0.1) is 6.92 Å². The van der Waals surface area contributed by atoms with E-state index in [0.717, 1.165) is 42.0 Å². The van der Waals surface area contributed by atoms with Gasteiger partial charge in [0, 0.05) is 44.7 Å². The van der Waals surface area contributed by atoms with Gasteiger partial charge in [-0.1, -0.05) is 32.0 Å². The van der Waals surface area contributed by atoms with E-state index >= 15 is 0 Å². The number of carbonyl (C=O) groups is 1. The number of para-hydroxylation sites is 1. The van der Waals surface area contributed by atoms with Crippen molar-refractivity contribution < 1.29 is 13.2 Å². The van der Waals surface area contributed by atoms with Gasteiger partial charge in [0.2, 0.25) is 15.9 Å². The summed E-state index contributed by atoms with van der Waals surface area (Å²) in [7, 11) is -3.55. The predicted octanol–water partition coefficient (Wildman–Crippen LogP) is 4.31. The molecular weight excluding hydrogens is 448 g/mol. The predicted molar refractivity (Wildman–Crippen MR) is 136 cm³/mol. The smallest absolute Gasteiger partial charge is 0.243 e. The average Bonchev–Trinajstić information content (AvgIpc) is 3.19. The molecule has 3 aromatic rings. The molecule has 8 heteroatoms. The van der Waals surface area contributed by atoms with Crippen molar-refractivity contribution in [3.8, 4) is 0 Å². The molecule has 1 amide bonds. The van der Waals surface area contributed by atoms with E-state index in [1.807, 2.05) is 31.7 Å². The lowest BCUT2D eigenvalue weighted by molar-refractivity contribution is -0.118. The molecule has 0 bridgehead atoms. The number of nitrogens with zero attached hydrogens (tertiary/aromatic N) is 4. The van der Waals surface area contributed by atoms with E-state index in [1.54, 1.807) is 12.1 Å². The first-order valence-corrected chi connectivity index (χ1v) is 13.6. The second-order valence-electron chi connectivity index (χ2n) is 8.74. The van der Waals surface area contributed by atoms with Crippen molar-refractivity contribution in [2.45, 2.75) is 64.8 Å². The van der Waals surface area contributed by atoms with Crippen molar-refractivity contribution in [3.63, 3.8) is 0 Å². The van der Waals surface area contributed by atoms with E-state index in [1.165, 1.54) is 9.87 Å². The Bertz CT molecular complexity index is 1310. The number of benzene rings is 2. The second-order valence-corrected chi connectivity index (χ2v) is 10.7. The molecule has 0 radical (unpaired) electrons. The molecule has 1 aliphatic heterocycles. The number of aryl methyl sites for hydroxylation is 4. The number of anilines is 1. The molecular formula is C26H34N4O3S. The van der Waals surface area contributed by atoms with Crippen LogP contribution in [0.4, 0.5) is 5.69 Å². The molecule has 1 aromatic heterocycles. The topological polar surface area (TPSA) is 75.5 Å². The average molecular weight is 483 g/mol. The zero-order valence-electron chi connectivity index (χ0n) is 20.5. The molecule has 34 heavy (non-hydrogen) atoms. The summed E-state index contributed by atoms with van der Waals surface area (Å²) in [5.74, 6) is 0.917. The zero-order valence-corrected chi connectivity index (χ0v) is 21.4. The third-order valence-electron chi connectivity index (χ3n) is 6.74. The number of rotatable bonds is 8. The molecule has 0 unspecified atom stereocenters. The van der Waals surface area contributed by atoms with Gasteiger partial charge in [-0.15, -0.1) is 0 Å². The summed E-state index contributed by atoms with van der Waals surface area (Å²) >= 11 is 0. The molecule has 2 aromatic carbocycles. The van der Waals surface area contributed by atoms with E-state index in [-0.39, 0.29) is 10.8 Å². The molecule has 7 nitrogen and oxygen atoms in total. The Morgan fingerprint density at radius 3 is 2.59 bits per heavy atom. The highest BCUT2D eigenvalue weighted by atomic mass is 32.2. The van der Waals surface area contributed by atoms with Crippen molar-refractivity contribution >= 4 is 32.7 Å². The van der Waals surface area contributed by atoms with Gasteiger partial charge in [0.15, 0.2) is 0 Å². The zero-order chi connectivity index (χ0) is 24.5. The van der Waals surface area contributed by atoms with E-state index in [2.05, 4.69) is 29.7 Å². The molecule has 1 aliphatic rings. The Morgan fingerprint density at radius 1 is 1.12 bits per heavy atom. The third kappa shape index (κ3) is 4.36. The fraction of sp³-hybridized carbons (Fsp3) is 0.462. The monoisotopic (exact) mass is 482 g/mol. The quantitative estimate of drug-likeness (QED) is 0.480. The number of hydrogen-bond donors (Lipinski definition) is 0. The lowest BCUT2D eigenvalue weighted by atomic mass is 9.98. The standard InChI is InChI=1S/C26H34N4O3S/c1-5-28(6-2)34(32,33)21-13-14-23-22(18-21)27-24(29(23)7-3)15-16-25(31)30-17-9-12-20-11-8-10-19(4)26(20)30/h8,10-11,13-14,18H,5-7,9,12,15-17H2,1-4H3. The molecule has 0 saturated carbocycles. The van der Waals surface area contributed by atoms with Crippen LogP contribution < -0.4 is 4.90 Å². The maximum atomic E-state index is 13.2. The number of carbonyl (C=O) groups excluding carboxylic acids is 1. The van der Waals surface area contributed by atoms with Gasteiger partial charge in [0.25, 0.3) is 0 Å². The van der Waals surface area contributed by atoms with Crippen molar-refractivity contribution in [2.75, 3.05) is 24.5 Å². The highest BCUT2D eigenvalue weighted by molar-refractivity contribution is 7.89. The first kappa shape index (κ1) is 24.4. The Hall–Kier alpha value is -2.71. The first-order valence-electron chi connectivity index (χ1n) is 12.2. The largest absolute Gasteiger partial charge is 0.328 e. The Labute approximate surface area is 202 Å². The van der Waals surface area contributed by atoms with Gasteiger partial charge >= 0.3 is 0 Å². The number of amides is 1. The minimum atomic E-state index is -3.55. The van der Waals surface area contributed by atoms with Crippen LogP contribution in [0.15, 0.2) is 41.3 Å². The summed E-state index contributed by atoms with van der Waals surface area (Å²) in [5.41, 5.74) is 4.98. The fourth-order valence-corrected chi connectivity index (χ4v) is 6.51. The molecule has 0 atom stereocenters. The second kappa shape index (κ2) is 9.88. The van der Waals surface area contributed by atoms with Crippen molar-refractivity contribution in [1.29, 1.82) is 0 Å². The highest BCUT2D eigenvalue weighted by Crippen LogP contribution is 2.31. The van der Waals surface area contributed by atoms with E-state index in [0.29, 0.717) is 38.0 Å². The van der Waals surface area contributed by atoms with E-state index < -0.39 is 10.0 Å². The summed E-state index contributed by atoms with van der Waals surface area (Å²) in [4.78, 5) is 20.2. The molecule has 0 N–H and O–H groups in total. The molecule has 2 heterocycles. The summed E-state index contributed by atoms with van der Waals surface area (Å²) < 4.78 is 29.4. The van der Waals surface area contributed by atoms with Crippen molar-refractivity contribution in [3.05, 3.63) is 53.3 Å². The Morgan fingerprint density at radius 2 is 1.88 bits per heavy atom. The number of sulfonamides is 1. The lowest BCUT2D eigenvalue weighted by Crippen LogP contribution is -2.36. The van der Waals surface area contributed by atoms with Crippen LogP contribution in [0.3, 0.4) is 0 Å². The van der Waals surface area contributed by atoms with E-state index in [9.17, 15) is 13.2 Å². The fourth-order valence-electron chi connectivity index (χ4n) is 5.03. The molecule has 4 rings (SSSR count). The Kier molecular flexibility index (Phi) is 7.09. The molecule has 0 fully saturated rings. The molecule has 0 saturated heterocycles. The van der Waals surface area contributed by atoms with Gasteiger partial charge in [0.05, 0.1) is 15.9 Å². The molecule has 0 aliphatic carbocycles. The van der Waals surface area contributed by atoms with Crippen LogP contribution in [-0.2, 0) is 34.2 Å². The summed E-state index contributed by atoms with van der Waals surface area (Å²) in [6.45, 7) is 10.1. The minimum Gasteiger partial charge on any atom is -0.328 e. The lowest BCUT2D eigenvalue weighted by Gasteiger charge is -2.31. The van der Waals surface area contributed by atoms with Crippen LogP contribution in [0.1, 0.15) is 50.6 Å². The third-order valence-corrected chi connectivity index (χ3v) is 8.79. The number of fused-ring (bicyclic) bond motifs is 2. The van der Waals surface area contributed by atoms with Gasteiger partial charge in [-0.3, -0.25) is 4.79 Å². The van der Waals surface area contributed by atoms with Gasteiger partial charge in [-0.2, -0.15) is 4.31 Å². The van der Waals surface area contributed by atoms with Crippen LogP contribution in [0.25, 0.3) is 11.0 Å². The maximum absolute atomic E-state index is 13.2. The summed E-state index contributed by atoms with van der Waals surface area (Å²) in [5, 5.41) is 0. The molecule has 182 valence electrons. The van der Waals surface area contributed by atoms with E-state index in [4.69, 9.17) is 4.98 Å². The first-order chi connectivity index (χ1) is 16.3. The number of hydrogen-bond acceptors (Lipinski definition) is 4. The van der Waals surface area contributed by atoms with Crippen LogP contribution >= 0.6 is 0 Å². The Balaban J connectivity index is 1.59. The van der Waals surface area contributed by atoms with Crippen LogP contribution in [0.5, 0.6) is 0 Å². The van der Waals surface area contributed by atoms with Crippen LogP contribution in [0.2, 0.25) is 0 Å². The maximum Gasteiger partial charge on any atom is 0.243 e. The minimum absolute atomic E-state index is 0.106. The summed E-state index contributed by atoms with van der Waals surface area (Å²) in [6.07, 6.45) is 2.85. The van der Waals surface area contributed by atoms with Crippen molar-refractivity contribution in [1.82, 2.24) is 13.9 Å². The summed E-state index contributed by atoms with van der Waals surface area (Å²) in [6, 6.07) is 11.4. The van der Waals surface area contributed by atoms with Crippen LogP contribution in [-0.4, -0.2) is 47.8 Å². The van der Waals surface area contributed by atoms with Gasteiger partial charge < -0.3 is 9.47 Å². The van der Waals surface area contributed by atoms with Gasteiger partial charge in [0.1, 0.15) is 5.82 Å².